The summed E-state index contributed by atoms with van der Waals surface area (Å²) in [5.74, 6) is 1.40. The minimum absolute atomic E-state index is 0.666. The van der Waals surface area contributed by atoms with Gasteiger partial charge in [0.05, 0.1) is 6.61 Å². The maximum atomic E-state index is 5.78. The number of hydrogen-bond acceptors (Lipinski definition) is 4. The van der Waals surface area contributed by atoms with Gasteiger partial charge >= 0.3 is 0 Å². The zero-order valence-electron chi connectivity index (χ0n) is 10.8. The molecule has 0 radical (unpaired) electrons. The van der Waals surface area contributed by atoms with Crippen LogP contribution in [-0.4, -0.2) is 24.7 Å². The Kier molecular flexibility index (Phi) is 4.10. The van der Waals surface area contributed by atoms with Crippen molar-refractivity contribution in [3.63, 3.8) is 0 Å². The molecule has 1 fully saturated rings. The van der Waals surface area contributed by atoms with E-state index >= 15 is 0 Å². The van der Waals surface area contributed by atoms with Gasteiger partial charge in [0.15, 0.2) is 0 Å². The predicted octanol–water partition coefficient (Wildman–Crippen LogP) is 3.19. The molecule has 0 aromatic carbocycles. The fourth-order valence-electron chi connectivity index (χ4n) is 2.32. The Hall–Kier alpha value is -1.39. The maximum Gasteiger partial charge on any atom is 0.213 e. The molecule has 3 rings (SSSR count). The summed E-state index contributed by atoms with van der Waals surface area (Å²) in [4.78, 5) is 4.39. The van der Waals surface area contributed by atoms with E-state index in [1.807, 2.05) is 12.3 Å². The second-order valence-electron chi connectivity index (χ2n) is 4.90. The van der Waals surface area contributed by atoms with Gasteiger partial charge in [-0.25, -0.2) is 4.98 Å². The molecule has 3 heterocycles. The van der Waals surface area contributed by atoms with Gasteiger partial charge in [0.2, 0.25) is 5.88 Å². The van der Waals surface area contributed by atoms with Gasteiger partial charge in [-0.1, -0.05) is 0 Å². The van der Waals surface area contributed by atoms with E-state index in [0.717, 1.165) is 31.1 Å². The van der Waals surface area contributed by atoms with Crippen molar-refractivity contribution in [3.05, 3.63) is 35.2 Å². The Morgan fingerprint density at radius 3 is 2.79 bits per heavy atom. The molecule has 4 heteroatoms. The lowest BCUT2D eigenvalue weighted by atomic mass is 9.99. The largest absolute Gasteiger partial charge is 0.477 e. The third kappa shape index (κ3) is 3.33. The molecular formula is C15H18N2OS. The van der Waals surface area contributed by atoms with Crippen LogP contribution in [0.2, 0.25) is 0 Å². The molecule has 2 aromatic heterocycles. The summed E-state index contributed by atoms with van der Waals surface area (Å²) in [6, 6.07) is 6.15. The van der Waals surface area contributed by atoms with E-state index in [4.69, 9.17) is 4.74 Å². The van der Waals surface area contributed by atoms with E-state index in [0.29, 0.717) is 5.92 Å². The number of ether oxygens (including phenoxy) is 1. The van der Waals surface area contributed by atoms with Crippen LogP contribution in [0.4, 0.5) is 0 Å². The summed E-state index contributed by atoms with van der Waals surface area (Å²) >= 11 is 1.70. The molecule has 0 atom stereocenters. The molecule has 0 saturated carbocycles. The lowest BCUT2D eigenvalue weighted by molar-refractivity contribution is 0.209. The van der Waals surface area contributed by atoms with Crippen LogP contribution in [0.15, 0.2) is 35.2 Å². The highest BCUT2D eigenvalue weighted by Crippen LogP contribution is 2.23. The van der Waals surface area contributed by atoms with Crippen LogP contribution < -0.4 is 10.1 Å². The lowest BCUT2D eigenvalue weighted by Gasteiger charge is -2.22. The van der Waals surface area contributed by atoms with Crippen molar-refractivity contribution in [2.75, 3.05) is 19.7 Å². The second kappa shape index (κ2) is 6.17. The number of hydrogen-bond donors (Lipinski definition) is 1. The average Bonchev–Trinajstić information content (AvgIpc) is 3.01. The van der Waals surface area contributed by atoms with Crippen molar-refractivity contribution in [3.8, 4) is 17.0 Å². The first kappa shape index (κ1) is 12.6. The maximum absolute atomic E-state index is 5.78. The van der Waals surface area contributed by atoms with E-state index in [1.54, 1.807) is 11.3 Å². The van der Waals surface area contributed by atoms with Crippen molar-refractivity contribution < 1.29 is 4.74 Å². The molecule has 0 aliphatic carbocycles. The summed E-state index contributed by atoms with van der Waals surface area (Å²) in [7, 11) is 0. The summed E-state index contributed by atoms with van der Waals surface area (Å²) < 4.78 is 5.78. The normalized spacial score (nSPS) is 16.4. The smallest absolute Gasteiger partial charge is 0.213 e. The molecule has 1 saturated heterocycles. The highest BCUT2D eigenvalue weighted by atomic mass is 32.1. The third-order valence-corrected chi connectivity index (χ3v) is 4.20. The molecule has 19 heavy (non-hydrogen) atoms. The van der Waals surface area contributed by atoms with E-state index in [9.17, 15) is 0 Å². The highest BCUT2D eigenvalue weighted by Gasteiger charge is 2.13. The van der Waals surface area contributed by atoms with Crippen LogP contribution in [0.1, 0.15) is 12.8 Å². The molecule has 0 spiro atoms. The van der Waals surface area contributed by atoms with Crippen LogP contribution in [0.5, 0.6) is 5.88 Å². The molecule has 1 aliphatic rings. The molecule has 0 amide bonds. The topological polar surface area (TPSA) is 34.1 Å². The summed E-state index contributed by atoms with van der Waals surface area (Å²) in [6.45, 7) is 3.00. The Morgan fingerprint density at radius 2 is 2.11 bits per heavy atom. The summed E-state index contributed by atoms with van der Waals surface area (Å²) in [5.41, 5.74) is 2.37. The van der Waals surface area contributed by atoms with Crippen LogP contribution in [-0.2, 0) is 0 Å². The number of thiophene rings is 1. The molecule has 100 valence electrons. The fourth-order valence-corrected chi connectivity index (χ4v) is 2.98. The van der Waals surface area contributed by atoms with Gasteiger partial charge in [0.25, 0.3) is 0 Å². The van der Waals surface area contributed by atoms with Gasteiger partial charge in [-0.3, -0.25) is 0 Å². The Balaban J connectivity index is 1.57. The lowest BCUT2D eigenvalue weighted by Crippen LogP contribution is -2.30. The van der Waals surface area contributed by atoms with Gasteiger partial charge in [-0.2, -0.15) is 11.3 Å². The van der Waals surface area contributed by atoms with E-state index in [-0.39, 0.29) is 0 Å². The predicted molar refractivity (Wildman–Crippen MR) is 78.6 cm³/mol. The number of pyridine rings is 1. The van der Waals surface area contributed by atoms with Crippen molar-refractivity contribution in [1.29, 1.82) is 0 Å². The van der Waals surface area contributed by atoms with Crippen molar-refractivity contribution in [2.45, 2.75) is 12.8 Å². The Morgan fingerprint density at radius 1 is 1.21 bits per heavy atom. The fraction of sp³-hybridized carbons (Fsp3) is 0.400. The Bertz CT molecular complexity index is 489. The first-order valence-electron chi connectivity index (χ1n) is 6.74. The standard InChI is InChI=1S/C15H18N2OS/c1-2-15(18-10-12-3-6-16-7-4-12)17-9-13(1)14-5-8-19-11-14/h1-2,5,8-9,11-12,16H,3-4,6-7,10H2. The van der Waals surface area contributed by atoms with E-state index < -0.39 is 0 Å². The van der Waals surface area contributed by atoms with Crippen molar-refractivity contribution >= 4 is 11.3 Å². The number of nitrogens with zero attached hydrogens (tertiary/aromatic N) is 1. The van der Waals surface area contributed by atoms with Gasteiger partial charge in [0, 0.05) is 17.8 Å². The minimum atomic E-state index is 0.666. The van der Waals surface area contributed by atoms with Crippen LogP contribution in [0.25, 0.3) is 11.1 Å². The van der Waals surface area contributed by atoms with Gasteiger partial charge < -0.3 is 10.1 Å². The highest BCUT2D eigenvalue weighted by molar-refractivity contribution is 7.08. The second-order valence-corrected chi connectivity index (χ2v) is 5.68. The molecular weight excluding hydrogens is 256 g/mol. The zero-order valence-corrected chi connectivity index (χ0v) is 11.7. The monoisotopic (exact) mass is 274 g/mol. The number of piperidine rings is 1. The number of aromatic nitrogens is 1. The minimum Gasteiger partial charge on any atom is -0.477 e. The van der Waals surface area contributed by atoms with Gasteiger partial charge in [0.1, 0.15) is 0 Å². The van der Waals surface area contributed by atoms with Crippen LogP contribution in [0.3, 0.4) is 0 Å². The van der Waals surface area contributed by atoms with Crippen molar-refractivity contribution in [1.82, 2.24) is 10.3 Å². The third-order valence-electron chi connectivity index (χ3n) is 3.52. The van der Waals surface area contributed by atoms with Gasteiger partial charge in [-0.15, -0.1) is 0 Å². The SMILES string of the molecule is c1cc(-c2ccc(OCC3CCNCC3)nc2)cs1. The van der Waals surface area contributed by atoms with Crippen LogP contribution in [0, 0.1) is 5.92 Å². The number of nitrogens with one attached hydrogen (secondary N) is 1. The van der Waals surface area contributed by atoms with E-state index in [1.165, 1.54) is 18.4 Å². The Labute approximate surface area is 117 Å². The number of rotatable bonds is 4. The summed E-state index contributed by atoms with van der Waals surface area (Å²) in [6.07, 6.45) is 4.29. The molecule has 2 aromatic rings. The quantitative estimate of drug-likeness (QED) is 0.929. The zero-order chi connectivity index (χ0) is 12.9. The average molecular weight is 274 g/mol. The van der Waals surface area contributed by atoms with Crippen LogP contribution >= 0.6 is 11.3 Å². The van der Waals surface area contributed by atoms with E-state index in [2.05, 4.69) is 33.2 Å². The first-order valence-corrected chi connectivity index (χ1v) is 7.68. The molecule has 0 bridgehead atoms. The molecule has 0 unspecified atom stereocenters. The first-order chi connectivity index (χ1) is 9.42. The van der Waals surface area contributed by atoms with Crippen molar-refractivity contribution in [2.24, 2.45) is 5.92 Å². The molecule has 1 N–H and O–H groups in total. The van der Waals surface area contributed by atoms with Gasteiger partial charge in [-0.05, 0) is 60.3 Å². The molecule has 1 aliphatic heterocycles. The molecule has 3 nitrogen and oxygen atoms in total. The summed E-state index contributed by atoms with van der Waals surface area (Å²) in [5, 5.41) is 7.58.